The normalized spacial score (nSPS) is 41.4. The molecule has 0 bridgehead atoms. The molecule has 2 fully saturated rings. The maximum Gasteiger partial charge on any atom is 0.340 e. The number of benzene rings is 1. The largest absolute Gasteiger partial charge is 0.432 e. The Morgan fingerprint density at radius 2 is 1.68 bits per heavy atom. The lowest BCUT2D eigenvalue weighted by Crippen LogP contribution is -2.55. The average molecular weight is 392 g/mol. The molecule has 156 valence electrons. The van der Waals surface area contributed by atoms with Crippen LogP contribution in [0.2, 0.25) is 0 Å². The molecular weight excluding hydrogens is 360 g/mol. The third-order valence-electron chi connectivity index (χ3n) is 6.32. The Morgan fingerprint density at radius 1 is 1.00 bits per heavy atom. The van der Waals surface area contributed by atoms with E-state index in [0.29, 0.717) is 12.2 Å². The number of aliphatic hydroxyl groups is 1. The van der Waals surface area contributed by atoms with E-state index in [9.17, 15) is 9.90 Å². The highest BCUT2D eigenvalue weighted by Gasteiger charge is 2.46. The highest BCUT2D eigenvalue weighted by Crippen LogP contribution is 2.36. The Morgan fingerprint density at radius 3 is 2.36 bits per heavy atom. The third kappa shape index (κ3) is 4.40. The maximum absolute atomic E-state index is 12.5. The fraction of sp³-hybridized carbons (Fsp3) is 0.682. The molecule has 28 heavy (non-hydrogen) atoms. The van der Waals surface area contributed by atoms with Gasteiger partial charge >= 0.3 is 5.97 Å². The Kier molecular flexibility index (Phi) is 6.76. The predicted octanol–water partition coefficient (Wildman–Crippen LogP) is 3.24. The van der Waals surface area contributed by atoms with Gasteiger partial charge in [-0.2, -0.15) is 0 Å². The molecule has 0 aromatic heterocycles. The zero-order valence-corrected chi connectivity index (χ0v) is 17.3. The molecule has 2 aliphatic heterocycles. The maximum atomic E-state index is 12.5. The van der Waals surface area contributed by atoms with E-state index in [1.54, 1.807) is 24.3 Å². The Balaban J connectivity index is 1.69. The van der Waals surface area contributed by atoms with Crippen LogP contribution in [0.3, 0.4) is 0 Å². The summed E-state index contributed by atoms with van der Waals surface area (Å²) in [5, 5.41) is 10.6. The van der Waals surface area contributed by atoms with Crippen molar-refractivity contribution in [3.05, 3.63) is 35.9 Å². The summed E-state index contributed by atoms with van der Waals surface area (Å²) in [6.07, 6.45) is -2.52. The molecule has 1 aromatic rings. The van der Waals surface area contributed by atoms with Crippen LogP contribution in [0.1, 0.15) is 45.0 Å². The second-order valence-electron chi connectivity index (χ2n) is 8.33. The Hall–Kier alpha value is -1.47. The van der Waals surface area contributed by atoms with Crippen LogP contribution in [0.4, 0.5) is 0 Å². The molecule has 2 heterocycles. The summed E-state index contributed by atoms with van der Waals surface area (Å²) in [6, 6.07) is 8.86. The molecule has 6 heteroatoms. The average Bonchev–Trinajstić information content (AvgIpc) is 2.69. The Labute approximate surface area is 167 Å². The van der Waals surface area contributed by atoms with Crippen molar-refractivity contribution < 1.29 is 28.8 Å². The quantitative estimate of drug-likeness (QED) is 0.793. The van der Waals surface area contributed by atoms with Crippen molar-refractivity contribution in [2.75, 3.05) is 6.61 Å². The van der Waals surface area contributed by atoms with E-state index < -0.39 is 24.7 Å². The third-order valence-corrected chi connectivity index (χ3v) is 6.32. The molecule has 6 nitrogen and oxygen atoms in total. The van der Waals surface area contributed by atoms with Gasteiger partial charge in [-0.05, 0) is 30.9 Å². The molecule has 2 aliphatic rings. The number of rotatable bonds is 4. The van der Waals surface area contributed by atoms with Gasteiger partial charge < -0.3 is 24.1 Å². The van der Waals surface area contributed by atoms with Crippen LogP contribution in [0.25, 0.3) is 0 Å². The van der Waals surface area contributed by atoms with E-state index in [4.69, 9.17) is 18.9 Å². The molecule has 0 saturated carbocycles. The van der Waals surface area contributed by atoms with Crippen molar-refractivity contribution >= 4 is 5.97 Å². The van der Waals surface area contributed by atoms with Gasteiger partial charge in [0.1, 0.15) is 6.10 Å². The molecule has 1 N–H and O–H groups in total. The lowest BCUT2D eigenvalue weighted by atomic mass is 9.85. The number of carbonyl (C=O) groups excluding carboxylic acids is 1. The van der Waals surface area contributed by atoms with Gasteiger partial charge in [-0.1, -0.05) is 45.9 Å². The zero-order chi connectivity index (χ0) is 20.4. The van der Waals surface area contributed by atoms with Crippen LogP contribution in [-0.4, -0.2) is 48.6 Å². The first-order valence-corrected chi connectivity index (χ1v) is 10.2. The van der Waals surface area contributed by atoms with Gasteiger partial charge in [0, 0.05) is 11.8 Å². The minimum atomic E-state index is -0.721. The van der Waals surface area contributed by atoms with E-state index in [1.165, 1.54) is 0 Å². The summed E-state index contributed by atoms with van der Waals surface area (Å²) < 4.78 is 23.6. The summed E-state index contributed by atoms with van der Waals surface area (Å²) in [7, 11) is 0. The standard InChI is InChI=1S/C22H32O6/c1-12-11-25-22(18(23)13(12)2)27-19-14(3)16(5)26-21(15(19)4)28-20(24)17-9-7-6-8-10-17/h6-10,12-16,18-19,21-23H,11H2,1-5H3/t12-,13+,14-,15?,16?,18?,19+,21+,22-/m1/s1. The molecule has 3 unspecified atom stereocenters. The molecule has 2 saturated heterocycles. The zero-order valence-electron chi connectivity index (χ0n) is 17.3. The van der Waals surface area contributed by atoms with Crippen LogP contribution in [0, 0.1) is 23.7 Å². The summed E-state index contributed by atoms with van der Waals surface area (Å²) in [4.78, 5) is 12.5. The van der Waals surface area contributed by atoms with Gasteiger partial charge in [-0.25, -0.2) is 4.79 Å². The first-order chi connectivity index (χ1) is 13.3. The van der Waals surface area contributed by atoms with Crippen molar-refractivity contribution in [1.29, 1.82) is 0 Å². The van der Waals surface area contributed by atoms with Crippen LogP contribution in [-0.2, 0) is 18.9 Å². The smallest absolute Gasteiger partial charge is 0.340 e. The van der Waals surface area contributed by atoms with E-state index in [2.05, 4.69) is 6.92 Å². The number of ether oxygens (including phenoxy) is 4. The molecule has 0 radical (unpaired) electrons. The first-order valence-electron chi connectivity index (χ1n) is 10.2. The van der Waals surface area contributed by atoms with Crippen LogP contribution in [0.15, 0.2) is 30.3 Å². The highest BCUT2D eigenvalue weighted by atomic mass is 16.7. The van der Waals surface area contributed by atoms with E-state index >= 15 is 0 Å². The van der Waals surface area contributed by atoms with Gasteiger partial charge in [0.25, 0.3) is 0 Å². The second-order valence-corrected chi connectivity index (χ2v) is 8.33. The number of hydrogen-bond donors (Lipinski definition) is 1. The monoisotopic (exact) mass is 392 g/mol. The highest BCUT2D eigenvalue weighted by molar-refractivity contribution is 5.89. The lowest BCUT2D eigenvalue weighted by Gasteiger charge is -2.46. The van der Waals surface area contributed by atoms with Crippen LogP contribution >= 0.6 is 0 Å². The predicted molar refractivity (Wildman–Crippen MR) is 103 cm³/mol. The van der Waals surface area contributed by atoms with Gasteiger partial charge in [0.2, 0.25) is 6.29 Å². The van der Waals surface area contributed by atoms with Gasteiger partial charge in [0.15, 0.2) is 6.29 Å². The van der Waals surface area contributed by atoms with Crippen molar-refractivity contribution in [3.8, 4) is 0 Å². The SMILES string of the molecule is CC1O[C@@H](OC(=O)c2ccccc2)C(C)[C@@H](O[C@H]2OC[C@@H](C)[C@H](C)C2O)[C@@H]1C. The summed E-state index contributed by atoms with van der Waals surface area (Å²) in [5.41, 5.74) is 0.482. The van der Waals surface area contributed by atoms with Crippen LogP contribution < -0.4 is 0 Å². The molecule has 3 rings (SSSR count). The lowest BCUT2D eigenvalue weighted by molar-refractivity contribution is -0.309. The van der Waals surface area contributed by atoms with Crippen molar-refractivity contribution in [2.45, 2.75) is 65.5 Å². The fourth-order valence-electron chi connectivity index (χ4n) is 3.85. The molecule has 1 aromatic carbocycles. The van der Waals surface area contributed by atoms with Crippen molar-refractivity contribution in [3.63, 3.8) is 0 Å². The second kappa shape index (κ2) is 8.91. The summed E-state index contributed by atoms with van der Waals surface area (Å²) in [5.74, 6) is -0.197. The number of esters is 1. The fourth-order valence-corrected chi connectivity index (χ4v) is 3.85. The van der Waals surface area contributed by atoms with Gasteiger partial charge in [0.05, 0.1) is 24.4 Å². The first kappa shape index (κ1) is 21.2. The van der Waals surface area contributed by atoms with E-state index in [1.807, 2.05) is 33.8 Å². The molecule has 0 aliphatic carbocycles. The Bertz CT molecular complexity index is 650. The van der Waals surface area contributed by atoms with Gasteiger partial charge in [-0.15, -0.1) is 0 Å². The molecule has 0 spiro atoms. The number of carbonyl (C=O) groups is 1. The van der Waals surface area contributed by atoms with Crippen molar-refractivity contribution in [1.82, 2.24) is 0 Å². The van der Waals surface area contributed by atoms with Gasteiger partial charge in [-0.3, -0.25) is 0 Å². The summed E-state index contributed by atoms with van der Waals surface area (Å²) >= 11 is 0. The minimum Gasteiger partial charge on any atom is -0.432 e. The number of hydrogen-bond acceptors (Lipinski definition) is 6. The van der Waals surface area contributed by atoms with Crippen molar-refractivity contribution in [2.24, 2.45) is 23.7 Å². The molecule has 9 atom stereocenters. The van der Waals surface area contributed by atoms with E-state index in [-0.39, 0.29) is 35.9 Å². The van der Waals surface area contributed by atoms with E-state index in [0.717, 1.165) is 0 Å². The molecule has 0 amide bonds. The van der Waals surface area contributed by atoms with Crippen LogP contribution in [0.5, 0.6) is 0 Å². The number of aliphatic hydroxyl groups excluding tert-OH is 1. The topological polar surface area (TPSA) is 74.2 Å². The molecular formula is C22H32O6. The minimum absolute atomic E-state index is 0.0622. The summed E-state index contributed by atoms with van der Waals surface area (Å²) in [6.45, 7) is 10.6.